The largest absolute Gasteiger partial charge is 0.325 e. The Hall–Kier alpha value is -2.24. The zero-order chi connectivity index (χ0) is 18.7. The fraction of sp³-hybridized carbons (Fsp3) is 0.200. The van der Waals surface area contributed by atoms with E-state index in [1.54, 1.807) is 12.3 Å². The van der Waals surface area contributed by atoms with E-state index in [-0.39, 0.29) is 11.7 Å². The quantitative estimate of drug-likeness (QED) is 0.615. The fourth-order valence-corrected chi connectivity index (χ4v) is 3.50. The molecule has 0 radical (unpaired) electrons. The Kier molecular flexibility index (Phi) is 5.69. The summed E-state index contributed by atoms with van der Waals surface area (Å²) in [5.41, 5.74) is 5.10. The third kappa shape index (κ3) is 4.29. The Morgan fingerprint density at radius 2 is 1.92 bits per heavy atom. The van der Waals surface area contributed by atoms with Crippen LogP contribution >= 0.6 is 23.4 Å². The van der Waals surface area contributed by atoms with E-state index in [4.69, 9.17) is 11.6 Å². The summed E-state index contributed by atoms with van der Waals surface area (Å²) in [6, 6.07) is 11.8. The average molecular weight is 386 g/mol. The second-order valence-corrected chi connectivity index (χ2v) is 7.52. The molecule has 1 heterocycles. The van der Waals surface area contributed by atoms with Gasteiger partial charge in [-0.2, -0.15) is 0 Å². The molecular formula is C20H20ClN3OS. The molecule has 1 aromatic heterocycles. The third-order valence-electron chi connectivity index (χ3n) is 4.02. The van der Waals surface area contributed by atoms with Gasteiger partial charge >= 0.3 is 0 Å². The van der Waals surface area contributed by atoms with Crippen molar-refractivity contribution in [3.63, 3.8) is 0 Å². The predicted octanol–water partition coefficient (Wildman–Crippen LogP) is 5.18. The van der Waals surface area contributed by atoms with Crippen LogP contribution in [0.2, 0.25) is 5.02 Å². The van der Waals surface area contributed by atoms with Crippen LogP contribution in [-0.4, -0.2) is 21.2 Å². The Morgan fingerprint density at radius 1 is 1.15 bits per heavy atom. The first-order valence-corrected chi connectivity index (χ1v) is 9.60. The lowest BCUT2D eigenvalue weighted by molar-refractivity contribution is -0.113. The smallest absolute Gasteiger partial charge is 0.234 e. The number of carbonyl (C=O) groups excluding carboxylic acids is 1. The van der Waals surface area contributed by atoms with Crippen molar-refractivity contribution in [3.8, 4) is 5.69 Å². The topological polar surface area (TPSA) is 46.9 Å². The van der Waals surface area contributed by atoms with E-state index in [0.29, 0.717) is 10.7 Å². The molecule has 0 spiro atoms. The van der Waals surface area contributed by atoms with Crippen LogP contribution in [0.4, 0.5) is 5.69 Å². The third-order valence-corrected chi connectivity index (χ3v) is 5.39. The second-order valence-electron chi connectivity index (χ2n) is 6.17. The van der Waals surface area contributed by atoms with E-state index in [0.717, 1.165) is 22.0 Å². The van der Waals surface area contributed by atoms with Gasteiger partial charge in [0.25, 0.3) is 0 Å². The van der Waals surface area contributed by atoms with Crippen LogP contribution in [0.3, 0.4) is 0 Å². The minimum Gasteiger partial charge on any atom is -0.325 e. The maximum Gasteiger partial charge on any atom is 0.234 e. The normalized spacial score (nSPS) is 10.8. The lowest BCUT2D eigenvalue weighted by Gasteiger charge is -2.11. The molecule has 6 heteroatoms. The van der Waals surface area contributed by atoms with Crippen LogP contribution in [0.1, 0.15) is 16.7 Å². The van der Waals surface area contributed by atoms with Gasteiger partial charge in [-0.15, -0.1) is 0 Å². The van der Waals surface area contributed by atoms with Crippen LogP contribution in [0.5, 0.6) is 0 Å². The standard InChI is InChI=1S/C20H20ClN3OS/c1-13-4-5-15(3)18(10-13)24-9-8-22-20(24)26-12-19(25)23-16-7-6-14(2)17(21)11-16/h4-11H,12H2,1-3H3,(H,23,25). The van der Waals surface area contributed by atoms with Crippen molar-refractivity contribution >= 4 is 35.0 Å². The first-order valence-electron chi connectivity index (χ1n) is 8.24. The monoisotopic (exact) mass is 385 g/mol. The van der Waals surface area contributed by atoms with E-state index < -0.39 is 0 Å². The van der Waals surface area contributed by atoms with Gasteiger partial charge < -0.3 is 5.32 Å². The number of carbonyl (C=O) groups is 1. The number of amides is 1. The number of rotatable bonds is 5. The Labute approximate surface area is 162 Å². The number of hydrogen-bond donors (Lipinski definition) is 1. The van der Waals surface area contributed by atoms with Crippen molar-refractivity contribution in [1.82, 2.24) is 9.55 Å². The summed E-state index contributed by atoms with van der Waals surface area (Å²) in [5.74, 6) is 0.179. The highest BCUT2D eigenvalue weighted by atomic mass is 35.5. The van der Waals surface area contributed by atoms with Crippen molar-refractivity contribution in [2.45, 2.75) is 25.9 Å². The second kappa shape index (κ2) is 7.98. The molecule has 3 rings (SSSR count). The highest BCUT2D eigenvalue weighted by molar-refractivity contribution is 7.99. The van der Waals surface area contributed by atoms with E-state index >= 15 is 0 Å². The van der Waals surface area contributed by atoms with Crippen molar-refractivity contribution in [2.24, 2.45) is 0 Å². The number of aromatic nitrogens is 2. The van der Waals surface area contributed by atoms with Crippen LogP contribution in [0, 0.1) is 20.8 Å². The summed E-state index contributed by atoms with van der Waals surface area (Å²) in [5, 5.41) is 4.30. The summed E-state index contributed by atoms with van der Waals surface area (Å²) in [6.45, 7) is 6.06. The van der Waals surface area contributed by atoms with Gasteiger partial charge in [-0.1, -0.05) is 41.6 Å². The van der Waals surface area contributed by atoms with Gasteiger partial charge in [0, 0.05) is 23.1 Å². The number of imidazole rings is 1. The molecule has 0 saturated carbocycles. The van der Waals surface area contributed by atoms with Crippen molar-refractivity contribution in [2.75, 3.05) is 11.1 Å². The van der Waals surface area contributed by atoms with Gasteiger partial charge in [0.2, 0.25) is 5.91 Å². The number of benzene rings is 2. The van der Waals surface area contributed by atoms with Crippen LogP contribution in [0.25, 0.3) is 5.69 Å². The first kappa shape index (κ1) is 18.5. The summed E-state index contributed by atoms with van der Waals surface area (Å²) < 4.78 is 2.02. The molecule has 0 unspecified atom stereocenters. The number of halogens is 1. The molecule has 4 nitrogen and oxygen atoms in total. The minimum absolute atomic E-state index is 0.0922. The number of aryl methyl sites for hydroxylation is 3. The molecule has 0 atom stereocenters. The molecule has 26 heavy (non-hydrogen) atoms. The van der Waals surface area contributed by atoms with E-state index in [1.807, 2.05) is 29.8 Å². The molecule has 134 valence electrons. The zero-order valence-corrected chi connectivity index (χ0v) is 16.5. The number of thioether (sulfide) groups is 1. The number of nitrogens with one attached hydrogen (secondary N) is 1. The molecule has 0 aliphatic carbocycles. The molecule has 1 N–H and O–H groups in total. The van der Waals surface area contributed by atoms with Gasteiger partial charge in [-0.25, -0.2) is 4.98 Å². The number of nitrogens with zero attached hydrogens (tertiary/aromatic N) is 2. The number of anilines is 1. The Bertz CT molecular complexity index is 952. The molecule has 3 aromatic rings. The minimum atomic E-state index is -0.0922. The predicted molar refractivity (Wildman–Crippen MR) is 109 cm³/mol. The summed E-state index contributed by atoms with van der Waals surface area (Å²) in [6.07, 6.45) is 3.67. The highest BCUT2D eigenvalue weighted by Gasteiger charge is 2.11. The molecule has 0 saturated heterocycles. The van der Waals surface area contributed by atoms with Crippen LogP contribution < -0.4 is 5.32 Å². The Morgan fingerprint density at radius 3 is 2.69 bits per heavy atom. The van der Waals surface area contributed by atoms with Gasteiger partial charge in [0.1, 0.15) is 0 Å². The van der Waals surface area contributed by atoms with Crippen LogP contribution in [0.15, 0.2) is 53.9 Å². The molecule has 0 aliphatic rings. The maximum atomic E-state index is 12.3. The van der Waals surface area contributed by atoms with Gasteiger partial charge in [0.05, 0.1) is 11.4 Å². The van der Waals surface area contributed by atoms with E-state index in [2.05, 4.69) is 42.3 Å². The molecule has 0 aliphatic heterocycles. The summed E-state index contributed by atoms with van der Waals surface area (Å²) in [7, 11) is 0. The number of hydrogen-bond acceptors (Lipinski definition) is 3. The molecule has 1 amide bonds. The van der Waals surface area contributed by atoms with Gasteiger partial charge in [0.15, 0.2) is 5.16 Å². The van der Waals surface area contributed by atoms with Crippen LogP contribution in [-0.2, 0) is 4.79 Å². The van der Waals surface area contributed by atoms with E-state index in [1.165, 1.54) is 17.3 Å². The fourth-order valence-electron chi connectivity index (χ4n) is 2.56. The molecular weight excluding hydrogens is 366 g/mol. The molecule has 0 bridgehead atoms. The van der Waals surface area contributed by atoms with E-state index in [9.17, 15) is 4.79 Å². The van der Waals surface area contributed by atoms with Crippen molar-refractivity contribution in [3.05, 3.63) is 70.5 Å². The average Bonchev–Trinajstić information content (AvgIpc) is 3.07. The first-order chi connectivity index (χ1) is 12.4. The van der Waals surface area contributed by atoms with Gasteiger partial charge in [-0.3, -0.25) is 9.36 Å². The SMILES string of the molecule is Cc1ccc(C)c(-n2ccnc2SCC(=O)Nc2ccc(C)c(Cl)c2)c1. The van der Waals surface area contributed by atoms with Crippen molar-refractivity contribution < 1.29 is 4.79 Å². The maximum absolute atomic E-state index is 12.3. The molecule has 0 fully saturated rings. The summed E-state index contributed by atoms with van der Waals surface area (Å²) >= 11 is 7.51. The Balaban J connectivity index is 1.69. The lowest BCUT2D eigenvalue weighted by atomic mass is 10.1. The van der Waals surface area contributed by atoms with Crippen molar-refractivity contribution in [1.29, 1.82) is 0 Å². The van der Waals surface area contributed by atoms with Gasteiger partial charge in [-0.05, 0) is 55.7 Å². The summed E-state index contributed by atoms with van der Waals surface area (Å²) in [4.78, 5) is 16.7. The molecule has 2 aromatic carbocycles. The zero-order valence-electron chi connectivity index (χ0n) is 14.9. The highest BCUT2D eigenvalue weighted by Crippen LogP contribution is 2.24. The lowest BCUT2D eigenvalue weighted by Crippen LogP contribution is -2.14.